The first-order valence-corrected chi connectivity index (χ1v) is 5.36. The maximum atomic E-state index is 13.3. The summed E-state index contributed by atoms with van der Waals surface area (Å²) in [7, 11) is -1.84. The Labute approximate surface area is 93.2 Å². The van der Waals surface area contributed by atoms with Crippen molar-refractivity contribution in [3.8, 4) is 5.88 Å². The zero-order valence-electron chi connectivity index (χ0n) is 8.77. The van der Waals surface area contributed by atoms with Crippen molar-refractivity contribution in [2.24, 2.45) is 0 Å². The summed E-state index contributed by atoms with van der Waals surface area (Å²) in [5.74, 6) is -0.695. The first-order chi connectivity index (χ1) is 7.66. The van der Waals surface area contributed by atoms with Crippen molar-refractivity contribution in [3.05, 3.63) is 18.1 Å². The highest BCUT2D eigenvalue weighted by Crippen LogP contribution is 2.22. The maximum absolute atomic E-state index is 13.3. The van der Waals surface area contributed by atoms with Crippen LogP contribution in [-0.2, 0) is 0 Å². The van der Waals surface area contributed by atoms with E-state index in [1.54, 1.807) is 0 Å². The number of hydrogen-bond acceptors (Lipinski definition) is 4. The summed E-state index contributed by atoms with van der Waals surface area (Å²) in [6, 6.07) is 2.73. The Morgan fingerprint density at radius 1 is 1.31 bits per heavy atom. The molecule has 0 radical (unpaired) electrons. The van der Waals surface area contributed by atoms with E-state index in [1.165, 1.54) is 12.1 Å². The van der Waals surface area contributed by atoms with Crippen molar-refractivity contribution in [3.63, 3.8) is 0 Å². The number of rotatable bonds is 3. The summed E-state index contributed by atoms with van der Waals surface area (Å²) in [4.78, 5) is 3.55. The molecule has 0 bridgehead atoms. The fourth-order valence-corrected chi connectivity index (χ4v) is 1.86. The molecule has 1 aromatic heterocycles. The van der Waals surface area contributed by atoms with E-state index in [9.17, 15) is 4.39 Å². The number of aromatic nitrogens is 1. The van der Waals surface area contributed by atoms with Gasteiger partial charge >= 0.3 is 7.12 Å². The van der Waals surface area contributed by atoms with Gasteiger partial charge in [-0.15, -0.1) is 0 Å². The van der Waals surface area contributed by atoms with E-state index in [4.69, 9.17) is 14.8 Å². The molecule has 1 aliphatic rings. The standard InChI is InChI=1S/C10H13BFNO3/c12-10-8(11(14)15)5-6-9(13-10)16-7-3-1-2-4-7/h5-7,14-15H,1-4H2. The van der Waals surface area contributed by atoms with Crippen LogP contribution in [0.4, 0.5) is 4.39 Å². The molecule has 1 heterocycles. The number of pyridine rings is 1. The molecule has 0 saturated heterocycles. The van der Waals surface area contributed by atoms with Crippen LogP contribution < -0.4 is 10.2 Å². The second-order valence-electron chi connectivity index (χ2n) is 3.93. The molecule has 0 spiro atoms. The molecular formula is C10H13BFNO3. The summed E-state index contributed by atoms with van der Waals surface area (Å²) in [6.07, 6.45) is 4.29. The Balaban J connectivity index is 2.08. The van der Waals surface area contributed by atoms with E-state index >= 15 is 0 Å². The fourth-order valence-electron chi connectivity index (χ4n) is 1.86. The number of ether oxygens (including phenoxy) is 1. The molecule has 0 aliphatic heterocycles. The smallest absolute Gasteiger partial charge is 0.474 e. The van der Waals surface area contributed by atoms with Gasteiger partial charge in [0.1, 0.15) is 6.10 Å². The highest BCUT2D eigenvalue weighted by Gasteiger charge is 2.20. The SMILES string of the molecule is OB(O)c1ccc(OC2CCCC2)nc1F. The quantitative estimate of drug-likeness (QED) is 0.570. The van der Waals surface area contributed by atoms with Crippen molar-refractivity contribution >= 4 is 12.6 Å². The van der Waals surface area contributed by atoms with Gasteiger partial charge in [-0.1, -0.05) is 6.07 Å². The third-order valence-corrected chi connectivity index (χ3v) is 2.72. The van der Waals surface area contributed by atoms with Crippen LogP contribution in [0.3, 0.4) is 0 Å². The molecule has 1 aromatic rings. The third-order valence-electron chi connectivity index (χ3n) is 2.72. The van der Waals surface area contributed by atoms with Crippen LogP contribution in [0.15, 0.2) is 12.1 Å². The Kier molecular flexibility index (Phi) is 3.41. The van der Waals surface area contributed by atoms with Crippen LogP contribution in [0.5, 0.6) is 5.88 Å². The van der Waals surface area contributed by atoms with E-state index in [0.717, 1.165) is 25.7 Å². The number of halogens is 1. The highest BCUT2D eigenvalue weighted by atomic mass is 19.1. The van der Waals surface area contributed by atoms with Crippen molar-refractivity contribution in [2.45, 2.75) is 31.8 Å². The van der Waals surface area contributed by atoms with Gasteiger partial charge in [0.15, 0.2) is 0 Å². The van der Waals surface area contributed by atoms with Crippen molar-refractivity contribution in [1.29, 1.82) is 0 Å². The molecule has 86 valence electrons. The lowest BCUT2D eigenvalue weighted by molar-refractivity contribution is 0.199. The van der Waals surface area contributed by atoms with Gasteiger partial charge in [0.05, 0.1) is 0 Å². The summed E-state index contributed by atoms with van der Waals surface area (Å²) in [6.45, 7) is 0. The second-order valence-corrected chi connectivity index (χ2v) is 3.93. The topological polar surface area (TPSA) is 62.6 Å². The third kappa shape index (κ3) is 2.51. The molecule has 16 heavy (non-hydrogen) atoms. The van der Waals surface area contributed by atoms with Crippen molar-refractivity contribution < 1.29 is 19.2 Å². The van der Waals surface area contributed by atoms with Crippen LogP contribution in [0.25, 0.3) is 0 Å². The predicted octanol–water partition coefficient (Wildman–Crippen LogP) is 0.222. The van der Waals surface area contributed by atoms with Crippen LogP contribution in [0, 0.1) is 5.95 Å². The Bertz CT molecular complexity index is 369. The average molecular weight is 225 g/mol. The molecular weight excluding hydrogens is 212 g/mol. The number of hydrogen-bond donors (Lipinski definition) is 2. The first kappa shape index (κ1) is 11.4. The van der Waals surface area contributed by atoms with Gasteiger partial charge in [-0.25, -0.2) is 0 Å². The normalized spacial score (nSPS) is 16.4. The summed E-state index contributed by atoms with van der Waals surface area (Å²) in [5, 5.41) is 17.6. The molecule has 4 nitrogen and oxygen atoms in total. The second kappa shape index (κ2) is 4.80. The summed E-state index contributed by atoms with van der Waals surface area (Å²) in [5.41, 5.74) is -0.237. The van der Waals surface area contributed by atoms with Gasteiger partial charge < -0.3 is 14.8 Å². The van der Waals surface area contributed by atoms with E-state index < -0.39 is 13.1 Å². The van der Waals surface area contributed by atoms with Crippen LogP contribution in [0.2, 0.25) is 0 Å². The minimum absolute atomic E-state index is 0.108. The van der Waals surface area contributed by atoms with Gasteiger partial charge in [-0.05, 0) is 25.7 Å². The van der Waals surface area contributed by atoms with E-state index in [-0.39, 0.29) is 17.4 Å². The molecule has 0 aromatic carbocycles. The molecule has 1 saturated carbocycles. The summed E-state index contributed by atoms with van der Waals surface area (Å²) >= 11 is 0. The molecule has 2 N–H and O–H groups in total. The lowest BCUT2D eigenvalue weighted by Gasteiger charge is -2.12. The number of nitrogens with zero attached hydrogens (tertiary/aromatic N) is 1. The van der Waals surface area contributed by atoms with E-state index in [0.29, 0.717) is 0 Å². The molecule has 0 atom stereocenters. The highest BCUT2D eigenvalue weighted by molar-refractivity contribution is 6.58. The van der Waals surface area contributed by atoms with Gasteiger partial charge in [-0.2, -0.15) is 9.37 Å². The minimum Gasteiger partial charge on any atom is -0.474 e. The zero-order valence-corrected chi connectivity index (χ0v) is 8.77. The monoisotopic (exact) mass is 225 g/mol. The lowest BCUT2D eigenvalue weighted by atomic mass is 9.81. The van der Waals surface area contributed by atoms with Gasteiger partial charge in [0.2, 0.25) is 11.8 Å². The molecule has 6 heteroatoms. The molecule has 1 aliphatic carbocycles. The Morgan fingerprint density at radius 2 is 2.00 bits per heavy atom. The maximum Gasteiger partial charge on any atom is 0.493 e. The Hall–Kier alpha value is -1.14. The van der Waals surface area contributed by atoms with Gasteiger partial charge in [0.25, 0.3) is 0 Å². The lowest BCUT2D eigenvalue weighted by Crippen LogP contribution is -2.33. The first-order valence-electron chi connectivity index (χ1n) is 5.36. The van der Waals surface area contributed by atoms with E-state index in [1.807, 2.05) is 0 Å². The van der Waals surface area contributed by atoms with E-state index in [2.05, 4.69) is 4.98 Å². The minimum atomic E-state index is -1.84. The largest absolute Gasteiger partial charge is 0.493 e. The molecule has 0 unspecified atom stereocenters. The molecule has 1 fully saturated rings. The summed E-state index contributed by atoms with van der Waals surface area (Å²) < 4.78 is 18.7. The van der Waals surface area contributed by atoms with Crippen molar-refractivity contribution in [2.75, 3.05) is 0 Å². The van der Waals surface area contributed by atoms with Gasteiger partial charge in [-0.3, -0.25) is 0 Å². The van der Waals surface area contributed by atoms with Gasteiger partial charge in [0, 0.05) is 11.5 Å². The van der Waals surface area contributed by atoms with Crippen LogP contribution >= 0.6 is 0 Å². The fraction of sp³-hybridized carbons (Fsp3) is 0.500. The van der Waals surface area contributed by atoms with Crippen LogP contribution in [0.1, 0.15) is 25.7 Å². The molecule has 0 amide bonds. The predicted molar refractivity (Wildman–Crippen MR) is 56.9 cm³/mol. The van der Waals surface area contributed by atoms with Crippen LogP contribution in [-0.4, -0.2) is 28.3 Å². The van der Waals surface area contributed by atoms with Crippen molar-refractivity contribution in [1.82, 2.24) is 4.98 Å². The Morgan fingerprint density at radius 3 is 2.56 bits per heavy atom. The zero-order chi connectivity index (χ0) is 11.5. The average Bonchev–Trinajstić information content (AvgIpc) is 2.70. The molecule has 2 rings (SSSR count).